The molecule has 2 aliphatic heterocycles. The highest BCUT2D eigenvalue weighted by Crippen LogP contribution is 2.43. The number of aromatic nitrogens is 4. The van der Waals surface area contributed by atoms with E-state index in [0.29, 0.717) is 23.9 Å². The number of anilines is 3. The molecule has 2 aliphatic rings. The lowest BCUT2D eigenvalue weighted by atomic mass is 9.72. The Hall–Kier alpha value is -3.11. The zero-order valence-corrected chi connectivity index (χ0v) is 19.1. The quantitative estimate of drug-likeness (QED) is 0.426. The van der Waals surface area contributed by atoms with E-state index in [0.717, 1.165) is 41.2 Å². The predicted octanol–water partition coefficient (Wildman–Crippen LogP) is 4.38. The van der Waals surface area contributed by atoms with Gasteiger partial charge in [0.2, 0.25) is 0 Å². The number of fused-ring (bicyclic) bond motifs is 3. The molecular formula is C23H21ClF3N7. The minimum absolute atomic E-state index is 0.0249. The van der Waals surface area contributed by atoms with Gasteiger partial charge in [0.25, 0.3) is 5.78 Å². The highest BCUT2D eigenvalue weighted by molar-refractivity contribution is 6.31. The highest BCUT2D eigenvalue weighted by Gasteiger charge is 2.53. The van der Waals surface area contributed by atoms with Gasteiger partial charge in [-0.2, -0.15) is 18.2 Å². The smallest absolute Gasteiger partial charge is 0.370 e. The Bertz CT molecular complexity index is 1390. The molecule has 2 aromatic carbocycles. The third-order valence-electron chi connectivity index (χ3n) is 6.67. The number of rotatable bonds is 4. The van der Waals surface area contributed by atoms with Crippen molar-refractivity contribution in [2.24, 2.45) is 5.41 Å². The molecule has 4 aromatic rings. The van der Waals surface area contributed by atoms with Crippen LogP contribution in [0.5, 0.6) is 0 Å². The lowest BCUT2D eigenvalue weighted by molar-refractivity contribution is -0.172. The first-order valence-electron chi connectivity index (χ1n) is 10.9. The van der Waals surface area contributed by atoms with Crippen molar-refractivity contribution in [1.29, 1.82) is 0 Å². The molecule has 7 nitrogen and oxygen atoms in total. The summed E-state index contributed by atoms with van der Waals surface area (Å²) in [6.45, 7) is 1.70. The zero-order valence-electron chi connectivity index (χ0n) is 18.3. The van der Waals surface area contributed by atoms with E-state index < -0.39 is 12.7 Å². The van der Waals surface area contributed by atoms with Crippen molar-refractivity contribution >= 4 is 45.5 Å². The van der Waals surface area contributed by atoms with Crippen LogP contribution in [0.4, 0.5) is 30.4 Å². The first kappa shape index (κ1) is 21.4. The number of alkyl halides is 3. The molecular weight excluding hydrogens is 467 g/mol. The zero-order chi connectivity index (χ0) is 23.7. The van der Waals surface area contributed by atoms with E-state index >= 15 is 0 Å². The number of likely N-dealkylation sites (tertiary alicyclic amines) is 1. The van der Waals surface area contributed by atoms with Gasteiger partial charge in [0.05, 0.1) is 12.1 Å². The molecule has 176 valence electrons. The molecule has 11 heteroatoms. The van der Waals surface area contributed by atoms with Gasteiger partial charge in [0.15, 0.2) is 0 Å². The Balaban J connectivity index is 1.24. The molecule has 34 heavy (non-hydrogen) atoms. The first-order chi connectivity index (χ1) is 16.2. The van der Waals surface area contributed by atoms with Crippen LogP contribution in [0, 0.1) is 5.41 Å². The predicted molar refractivity (Wildman–Crippen MR) is 125 cm³/mol. The average molecular weight is 488 g/mol. The number of nitrogens with zero attached hydrogens (tertiary/aromatic N) is 7. The van der Waals surface area contributed by atoms with E-state index in [1.807, 2.05) is 48.3 Å². The van der Waals surface area contributed by atoms with E-state index in [-0.39, 0.29) is 5.41 Å². The van der Waals surface area contributed by atoms with Gasteiger partial charge in [-0.25, -0.2) is 0 Å². The standard InChI is InChI=1S/C23H21ClF3N7/c1-31(20-18-6-5-15(24)7-19(18)34-14-28-30-21(34)29-20)16-3-2-4-17(8-16)33-11-22(12-33)9-32(10-22)13-23(25,26)27/h2-8,14H,9-13H2,1H3. The van der Waals surface area contributed by atoms with Crippen LogP contribution in [0.25, 0.3) is 16.7 Å². The minimum Gasteiger partial charge on any atom is -0.370 e. The summed E-state index contributed by atoms with van der Waals surface area (Å²) in [7, 11) is 1.95. The summed E-state index contributed by atoms with van der Waals surface area (Å²) in [5.74, 6) is 1.21. The van der Waals surface area contributed by atoms with Gasteiger partial charge in [0.1, 0.15) is 12.1 Å². The molecule has 6 rings (SSSR count). The van der Waals surface area contributed by atoms with Gasteiger partial charge in [-0.15, -0.1) is 10.2 Å². The summed E-state index contributed by atoms with van der Waals surface area (Å²) in [6.07, 6.45) is -2.52. The maximum absolute atomic E-state index is 12.6. The van der Waals surface area contributed by atoms with Crippen molar-refractivity contribution in [2.45, 2.75) is 6.18 Å². The average Bonchev–Trinajstić information content (AvgIpc) is 3.21. The van der Waals surface area contributed by atoms with Crippen LogP contribution in [0.1, 0.15) is 0 Å². The molecule has 0 aliphatic carbocycles. The van der Waals surface area contributed by atoms with Crippen molar-refractivity contribution in [3.63, 3.8) is 0 Å². The SMILES string of the molecule is CN(c1cccc(N2CC3(CN(CC(F)(F)F)C3)C2)c1)c1nc2nncn2c2cc(Cl)ccc12. The lowest BCUT2D eigenvalue weighted by Crippen LogP contribution is -2.73. The normalized spacial score (nSPS) is 17.9. The van der Waals surface area contributed by atoms with Crippen LogP contribution in [0.2, 0.25) is 5.02 Å². The first-order valence-corrected chi connectivity index (χ1v) is 11.2. The van der Waals surface area contributed by atoms with E-state index in [9.17, 15) is 13.2 Å². The second-order valence-electron chi connectivity index (χ2n) is 9.29. The summed E-state index contributed by atoms with van der Waals surface area (Å²) in [5, 5.41) is 9.61. The van der Waals surface area contributed by atoms with Crippen molar-refractivity contribution in [3.05, 3.63) is 53.8 Å². The second kappa shape index (κ2) is 7.44. The topological polar surface area (TPSA) is 52.8 Å². The molecule has 0 atom stereocenters. The van der Waals surface area contributed by atoms with Crippen molar-refractivity contribution in [3.8, 4) is 0 Å². The summed E-state index contributed by atoms with van der Waals surface area (Å²) < 4.78 is 39.6. The van der Waals surface area contributed by atoms with Crippen molar-refractivity contribution in [2.75, 3.05) is 49.6 Å². The maximum Gasteiger partial charge on any atom is 0.401 e. The Morgan fingerprint density at radius 1 is 1.09 bits per heavy atom. The lowest BCUT2D eigenvalue weighted by Gasteiger charge is -2.61. The summed E-state index contributed by atoms with van der Waals surface area (Å²) in [4.78, 5) is 10.4. The van der Waals surface area contributed by atoms with Crippen LogP contribution in [0.15, 0.2) is 48.8 Å². The van der Waals surface area contributed by atoms with Crippen LogP contribution >= 0.6 is 11.6 Å². The summed E-state index contributed by atoms with van der Waals surface area (Å²) >= 11 is 6.24. The van der Waals surface area contributed by atoms with Gasteiger partial charge < -0.3 is 9.80 Å². The third-order valence-corrected chi connectivity index (χ3v) is 6.90. The molecule has 0 radical (unpaired) electrons. The molecule has 0 saturated carbocycles. The van der Waals surface area contributed by atoms with Gasteiger partial charge in [0, 0.05) is 60.4 Å². The third kappa shape index (κ3) is 3.61. The Morgan fingerprint density at radius 3 is 2.65 bits per heavy atom. The van der Waals surface area contributed by atoms with Gasteiger partial charge in [-0.1, -0.05) is 17.7 Å². The molecule has 2 fully saturated rings. The second-order valence-corrected chi connectivity index (χ2v) is 9.73. The fraction of sp³-hybridized carbons (Fsp3) is 0.348. The number of hydrogen-bond acceptors (Lipinski definition) is 6. The van der Waals surface area contributed by atoms with Gasteiger partial charge in [-0.05, 0) is 36.4 Å². The minimum atomic E-state index is -4.14. The molecule has 0 unspecified atom stereocenters. The van der Waals surface area contributed by atoms with Gasteiger partial charge >= 0.3 is 6.18 Å². The van der Waals surface area contributed by atoms with Crippen molar-refractivity contribution in [1.82, 2.24) is 24.5 Å². The van der Waals surface area contributed by atoms with E-state index in [2.05, 4.69) is 21.2 Å². The molecule has 1 spiro atoms. The highest BCUT2D eigenvalue weighted by atomic mass is 35.5. The van der Waals surface area contributed by atoms with Crippen molar-refractivity contribution < 1.29 is 13.2 Å². The molecule has 0 N–H and O–H groups in total. The van der Waals surface area contributed by atoms with Crippen LogP contribution < -0.4 is 9.80 Å². The van der Waals surface area contributed by atoms with E-state index in [1.54, 1.807) is 10.7 Å². The molecule has 2 aromatic heterocycles. The van der Waals surface area contributed by atoms with Crippen LogP contribution in [-0.4, -0.2) is 70.4 Å². The Kier molecular flexibility index (Phi) is 4.69. The molecule has 0 amide bonds. The van der Waals surface area contributed by atoms with Crippen LogP contribution in [0.3, 0.4) is 0 Å². The fourth-order valence-electron chi connectivity index (χ4n) is 5.21. The largest absolute Gasteiger partial charge is 0.401 e. The monoisotopic (exact) mass is 487 g/mol. The maximum atomic E-state index is 12.6. The number of hydrogen-bond donors (Lipinski definition) is 0. The van der Waals surface area contributed by atoms with Crippen LogP contribution in [-0.2, 0) is 0 Å². The van der Waals surface area contributed by atoms with E-state index in [1.165, 1.54) is 4.90 Å². The Labute approximate surface area is 198 Å². The number of halogens is 4. The summed E-state index contributed by atoms with van der Waals surface area (Å²) in [5.41, 5.74) is 2.82. The summed E-state index contributed by atoms with van der Waals surface area (Å²) in [6, 6.07) is 13.7. The fourth-order valence-corrected chi connectivity index (χ4v) is 5.38. The molecule has 2 saturated heterocycles. The molecule has 4 heterocycles. The number of benzene rings is 2. The molecule has 0 bridgehead atoms. The van der Waals surface area contributed by atoms with E-state index in [4.69, 9.17) is 16.6 Å². The van der Waals surface area contributed by atoms with Gasteiger partial charge in [-0.3, -0.25) is 9.30 Å². The Morgan fingerprint density at radius 2 is 1.88 bits per heavy atom.